The maximum atomic E-state index is 12.0. The highest BCUT2D eigenvalue weighted by molar-refractivity contribution is 6.33. The molecule has 0 radical (unpaired) electrons. The van der Waals surface area contributed by atoms with E-state index in [-0.39, 0.29) is 5.91 Å². The molecule has 1 N–H and O–H groups in total. The van der Waals surface area contributed by atoms with Crippen molar-refractivity contribution < 1.29 is 9.53 Å². The van der Waals surface area contributed by atoms with E-state index in [0.717, 1.165) is 11.1 Å². The lowest BCUT2D eigenvalue weighted by molar-refractivity contribution is 0.0955. The van der Waals surface area contributed by atoms with Gasteiger partial charge < -0.3 is 4.74 Å². The molecule has 0 spiro atoms. The van der Waals surface area contributed by atoms with Gasteiger partial charge in [-0.1, -0.05) is 29.8 Å². The van der Waals surface area contributed by atoms with Crippen molar-refractivity contribution in [3.05, 3.63) is 64.2 Å². The number of nitrogens with zero attached hydrogens (tertiary/aromatic N) is 1. The average Bonchev–Trinajstić information content (AvgIpc) is 2.47. The third-order valence-corrected chi connectivity index (χ3v) is 3.19. The monoisotopic (exact) mass is 302 g/mol. The molecule has 0 fully saturated rings. The van der Waals surface area contributed by atoms with Crippen molar-refractivity contribution in [3.8, 4) is 5.75 Å². The van der Waals surface area contributed by atoms with E-state index in [1.165, 1.54) is 6.21 Å². The van der Waals surface area contributed by atoms with Gasteiger partial charge in [0.25, 0.3) is 5.91 Å². The van der Waals surface area contributed by atoms with Crippen LogP contribution in [0, 0.1) is 6.92 Å². The summed E-state index contributed by atoms with van der Waals surface area (Å²) >= 11 is 6.04. The van der Waals surface area contributed by atoms with Gasteiger partial charge in [0.2, 0.25) is 0 Å². The van der Waals surface area contributed by atoms with Crippen LogP contribution in [0.2, 0.25) is 5.02 Å². The Morgan fingerprint density at radius 1 is 1.29 bits per heavy atom. The standard InChI is InChI=1S/C16H15ClN2O2/c1-11-7-8-13(14(17)9-11)16(20)19-18-10-12-5-3-4-6-15(12)21-2/h3-10H,1-2H3,(H,19,20)/b18-10-. The highest BCUT2D eigenvalue weighted by Gasteiger charge is 2.09. The van der Waals surface area contributed by atoms with Gasteiger partial charge in [0.05, 0.1) is 23.9 Å². The van der Waals surface area contributed by atoms with Crippen molar-refractivity contribution in [1.29, 1.82) is 0 Å². The SMILES string of the molecule is COc1ccccc1/C=N\NC(=O)c1ccc(C)cc1Cl. The number of methoxy groups -OCH3 is 1. The van der Waals surface area contributed by atoms with Crippen LogP contribution in [-0.4, -0.2) is 19.2 Å². The molecule has 21 heavy (non-hydrogen) atoms. The molecule has 2 aromatic carbocycles. The summed E-state index contributed by atoms with van der Waals surface area (Å²) in [7, 11) is 1.58. The molecule has 4 nitrogen and oxygen atoms in total. The molecule has 108 valence electrons. The van der Waals surface area contributed by atoms with Crippen molar-refractivity contribution in [2.45, 2.75) is 6.92 Å². The van der Waals surface area contributed by atoms with E-state index in [1.54, 1.807) is 19.2 Å². The highest BCUT2D eigenvalue weighted by Crippen LogP contribution is 2.17. The molecule has 1 amide bonds. The van der Waals surface area contributed by atoms with Gasteiger partial charge in [-0.15, -0.1) is 0 Å². The summed E-state index contributed by atoms with van der Waals surface area (Å²) in [4.78, 5) is 12.0. The third-order valence-electron chi connectivity index (χ3n) is 2.88. The zero-order valence-electron chi connectivity index (χ0n) is 11.8. The summed E-state index contributed by atoms with van der Waals surface area (Å²) in [6.45, 7) is 1.91. The van der Waals surface area contributed by atoms with Gasteiger partial charge >= 0.3 is 0 Å². The summed E-state index contributed by atoms with van der Waals surface area (Å²) < 4.78 is 5.19. The second kappa shape index (κ2) is 6.90. The molecular formula is C16H15ClN2O2. The topological polar surface area (TPSA) is 50.7 Å². The predicted octanol–water partition coefficient (Wildman–Crippen LogP) is 3.42. The molecule has 0 aliphatic heterocycles. The largest absolute Gasteiger partial charge is 0.496 e. The van der Waals surface area contributed by atoms with Crippen LogP contribution in [-0.2, 0) is 0 Å². The number of nitrogens with one attached hydrogen (secondary N) is 1. The van der Waals surface area contributed by atoms with Gasteiger partial charge in [-0.25, -0.2) is 5.43 Å². The number of carbonyl (C=O) groups is 1. The Bertz CT molecular complexity index is 684. The lowest BCUT2D eigenvalue weighted by Crippen LogP contribution is -2.18. The number of benzene rings is 2. The van der Waals surface area contributed by atoms with Crippen LogP contribution in [0.15, 0.2) is 47.6 Å². The van der Waals surface area contributed by atoms with Crippen LogP contribution in [0.4, 0.5) is 0 Å². The van der Waals surface area contributed by atoms with E-state index < -0.39 is 0 Å². The fourth-order valence-corrected chi connectivity index (χ4v) is 2.12. The maximum Gasteiger partial charge on any atom is 0.272 e. The summed E-state index contributed by atoms with van der Waals surface area (Å²) in [6, 6.07) is 12.6. The quantitative estimate of drug-likeness (QED) is 0.695. The number of hydrazone groups is 1. The van der Waals surface area contributed by atoms with Crippen LogP contribution in [0.5, 0.6) is 5.75 Å². The summed E-state index contributed by atoms with van der Waals surface area (Å²) in [6.07, 6.45) is 1.53. The number of rotatable bonds is 4. The van der Waals surface area contributed by atoms with Crippen molar-refractivity contribution in [3.63, 3.8) is 0 Å². The summed E-state index contributed by atoms with van der Waals surface area (Å²) in [5.41, 5.74) is 4.61. The van der Waals surface area contributed by atoms with Crippen molar-refractivity contribution >= 4 is 23.7 Å². The minimum absolute atomic E-state index is 0.355. The molecule has 0 saturated carbocycles. The van der Waals surface area contributed by atoms with Gasteiger partial charge in [0.1, 0.15) is 5.75 Å². The molecule has 0 heterocycles. The molecule has 0 bridgehead atoms. The van der Waals surface area contributed by atoms with Gasteiger partial charge in [0.15, 0.2) is 0 Å². The fourth-order valence-electron chi connectivity index (χ4n) is 1.80. The Hall–Kier alpha value is -2.33. The Kier molecular flexibility index (Phi) is 4.95. The van der Waals surface area contributed by atoms with Crippen molar-refractivity contribution in [1.82, 2.24) is 5.43 Å². The van der Waals surface area contributed by atoms with Crippen LogP contribution >= 0.6 is 11.6 Å². The number of amides is 1. The van der Waals surface area contributed by atoms with Crippen LogP contribution in [0.1, 0.15) is 21.5 Å². The first-order valence-corrected chi connectivity index (χ1v) is 6.72. The third kappa shape index (κ3) is 3.83. The number of hydrogen-bond donors (Lipinski definition) is 1. The zero-order chi connectivity index (χ0) is 15.2. The smallest absolute Gasteiger partial charge is 0.272 e. The van der Waals surface area contributed by atoms with Crippen molar-refractivity contribution in [2.75, 3.05) is 7.11 Å². The summed E-state index contributed by atoms with van der Waals surface area (Å²) in [5, 5.41) is 4.33. The Balaban J connectivity index is 2.08. The number of para-hydroxylation sites is 1. The van der Waals surface area contributed by atoms with Gasteiger partial charge in [-0.2, -0.15) is 5.10 Å². The summed E-state index contributed by atoms with van der Waals surface area (Å²) in [5.74, 6) is 0.329. The second-order valence-electron chi connectivity index (χ2n) is 4.42. The molecule has 2 aromatic rings. The molecule has 0 saturated heterocycles. The molecule has 0 aliphatic rings. The lowest BCUT2D eigenvalue weighted by Gasteiger charge is -2.05. The van der Waals surface area contributed by atoms with Crippen LogP contribution in [0.3, 0.4) is 0 Å². The van der Waals surface area contributed by atoms with Crippen LogP contribution in [0.25, 0.3) is 0 Å². The van der Waals surface area contributed by atoms with E-state index in [2.05, 4.69) is 10.5 Å². The molecule has 2 rings (SSSR count). The molecule has 0 unspecified atom stereocenters. The van der Waals surface area contributed by atoms with E-state index in [0.29, 0.717) is 16.3 Å². The fraction of sp³-hybridized carbons (Fsp3) is 0.125. The van der Waals surface area contributed by atoms with E-state index in [9.17, 15) is 4.79 Å². The first kappa shape index (κ1) is 15.1. The molecule has 0 aromatic heterocycles. The van der Waals surface area contributed by atoms with Gasteiger partial charge in [0, 0.05) is 5.56 Å². The second-order valence-corrected chi connectivity index (χ2v) is 4.83. The van der Waals surface area contributed by atoms with Gasteiger partial charge in [-0.05, 0) is 36.8 Å². The van der Waals surface area contributed by atoms with Crippen molar-refractivity contribution in [2.24, 2.45) is 5.10 Å². The first-order chi connectivity index (χ1) is 10.1. The number of aryl methyl sites for hydroxylation is 1. The maximum absolute atomic E-state index is 12.0. The molecule has 0 atom stereocenters. The average molecular weight is 303 g/mol. The normalized spacial score (nSPS) is 10.6. The van der Waals surface area contributed by atoms with Gasteiger partial charge in [-0.3, -0.25) is 4.79 Å². The molecule has 5 heteroatoms. The molecule has 0 aliphatic carbocycles. The number of halogens is 1. The molecular weight excluding hydrogens is 288 g/mol. The number of ether oxygens (including phenoxy) is 1. The highest BCUT2D eigenvalue weighted by atomic mass is 35.5. The number of carbonyl (C=O) groups excluding carboxylic acids is 1. The van der Waals surface area contributed by atoms with E-state index in [4.69, 9.17) is 16.3 Å². The van der Waals surface area contributed by atoms with E-state index >= 15 is 0 Å². The Morgan fingerprint density at radius 2 is 2.05 bits per heavy atom. The lowest BCUT2D eigenvalue weighted by atomic mass is 10.1. The Labute approximate surface area is 128 Å². The van der Waals surface area contributed by atoms with Crippen LogP contribution < -0.4 is 10.2 Å². The van der Waals surface area contributed by atoms with E-state index in [1.807, 2.05) is 37.3 Å². The Morgan fingerprint density at radius 3 is 2.76 bits per heavy atom. The zero-order valence-corrected chi connectivity index (χ0v) is 12.5. The predicted molar refractivity (Wildman–Crippen MR) is 84.2 cm³/mol. The number of hydrogen-bond acceptors (Lipinski definition) is 3. The minimum atomic E-state index is -0.355. The minimum Gasteiger partial charge on any atom is -0.496 e. The first-order valence-electron chi connectivity index (χ1n) is 6.34.